The van der Waals surface area contributed by atoms with Crippen LogP contribution >= 0.6 is 0 Å². The van der Waals surface area contributed by atoms with E-state index in [2.05, 4.69) is 5.32 Å². The Bertz CT molecular complexity index is 841. The lowest BCUT2D eigenvalue weighted by Gasteiger charge is -2.17. The van der Waals surface area contributed by atoms with Crippen LogP contribution in [0.3, 0.4) is 0 Å². The van der Waals surface area contributed by atoms with Gasteiger partial charge < -0.3 is 5.32 Å². The first-order chi connectivity index (χ1) is 10.7. The lowest BCUT2D eigenvalue weighted by atomic mass is 10.00. The van der Waals surface area contributed by atoms with Crippen molar-refractivity contribution < 1.29 is 13.2 Å². The second-order valence-corrected chi connectivity index (χ2v) is 7.87. The van der Waals surface area contributed by atoms with Gasteiger partial charge in [0.1, 0.15) is 0 Å². The van der Waals surface area contributed by atoms with Crippen LogP contribution in [-0.4, -0.2) is 20.6 Å². The van der Waals surface area contributed by atoms with E-state index in [1.807, 2.05) is 39.0 Å². The molecule has 0 radical (unpaired) electrons. The molecule has 0 saturated heterocycles. The first-order valence-corrected chi connectivity index (χ1v) is 9.26. The lowest BCUT2D eigenvalue weighted by Crippen LogP contribution is -2.27. The van der Waals surface area contributed by atoms with Gasteiger partial charge >= 0.3 is 0 Å². The van der Waals surface area contributed by atoms with E-state index in [0.29, 0.717) is 5.56 Å². The van der Waals surface area contributed by atoms with Crippen molar-refractivity contribution in [1.82, 2.24) is 5.32 Å². The van der Waals surface area contributed by atoms with E-state index in [9.17, 15) is 13.2 Å². The highest BCUT2D eigenvalue weighted by molar-refractivity contribution is 7.90. The van der Waals surface area contributed by atoms with Gasteiger partial charge in [0.15, 0.2) is 9.84 Å². The van der Waals surface area contributed by atoms with Crippen LogP contribution in [0, 0.1) is 13.8 Å². The monoisotopic (exact) mass is 331 g/mol. The number of hydrogen-bond donors (Lipinski definition) is 1. The van der Waals surface area contributed by atoms with Gasteiger partial charge in [0.25, 0.3) is 5.91 Å². The van der Waals surface area contributed by atoms with Crippen LogP contribution in [0.4, 0.5) is 0 Å². The number of rotatable bonds is 4. The number of carbonyl (C=O) groups excluding carboxylic acids is 1. The fraction of sp³-hybridized carbons (Fsp3) is 0.278. The minimum atomic E-state index is -3.33. The Labute approximate surface area is 137 Å². The molecule has 0 aromatic heterocycles. The van der Waals surface area contributed by atoms with E-state index in [0.717, 1.165) is 22.9 Å². The summed E-state index contributed by atoms with van der Waals surface area (Å²) in [6, 6.07) is 12.0. The highest BCUT2D eigenvalue weighted by Gasteiger charge is 2.15. The summed E-state index contributed by atoms with van der Waals surface area (Å²) in [6.45, 7) is 5.93. The summed E-state index contributed by atoms with van der Waals surface area (Å²) in [5, 5.41) is 2.93. The summed E-state index contributed by atoms with van der Waals surface area (Å²) >= 11 is 0. The highest BCUT2D eigenvalue weighted by atomic mass is 32.2. The van der Waals surface area contributed by atoms with Crippen LogP contribution in [0.5, 0.6) is 0 Å². The Morgan fingerprint density at radius 3 is 2.43 bits per heavy atom. The van der Waals surface area contributed by atoms with Gasteiger partial charge in [0, 0.05) is 11.8 Å². The Hall–Kier alpha value is -2.14. The maximum atomic E-state index is 12.4. The van der Waals surface area contributed by atoms with Crippen LogP contribution in [0.25, 0.3) is 0 Å². The molecule has 23 heavy (non-hydrogen) atoms. The average molecular weight is 331 g/mol. The zero-order chi connectivity index (χ0) is 17.2. The number of benzene rings is 2. The molecule has 0 aliphatic rings. The van der Waals surface area contributed by atoms with E-state index < -0.39 is 9.84 Å². The number of nitrogens with one attached hydrogen (secondary N) is 1. The molecule has 1 amide bonds. The molecule has 0 unspecified atom stereocenters. The molecule has 2 aromatic carbocycles. The largest absolute Gasteiger partial charge is 0.346 e. The second kappa shape index (κ2) is 6.54. The van der Waals surface area contributed by atoms with Crippen molar-refractivity contribution in [3.05, 3.63) is 64.7 Å². The van der Waals surface area contributed by atoms with Crippen molar-refractivity contribution >= 4 is 15.7 Å². The zero-order valence-corrected chi connectivity index (χ0v) is 14.6. The standard InChI is InChI=1S/C18H21NO3S/c1-12-8-9-13(2)17(10-12)14(3)19-18(20)15-6-5-7-16(11-15)23(4,21)22/h5-11,14H,1-4H3,(H,19,20)/t14-/m0/s1. The third-order valence-electron chi connectivity index (χ3n) is 3.77. The smallest absolute Gasteiger partial charge is 0.251 e. The lowest BCUT2D eigenvalue weighted by molar-refractivity contribution is 0.0939. The molecular weight excluding hydrogens is 310 g/mol. The van der Waals surface area contributed by atoms with E-state index in [4.69, 9.17) is 0 Å². The molecule has 0 heterocycles. The van der Waals surface area contributed by atoms with Crippen molar-refractivity contribution in [1.29, 1.82) is 0 Å². The maximum Gasteiger partial charge on any atom is 0.251 e. The molecule has 0 fully saturated rings. The van der Waals surface area contributed by atoms with Gasteiger partial charge in [0.05, 0.1) is 10.9 Å². The minimum Gasteiger partial charge on any atom is -0.346 e. The van der Waals surface area contributed by atoms with Crippen LogP contribution < -0.4 is 5.32 Å². The fourth-order valence-corrected chi connectivity index (χ4v) is 3.12. The third kappa shape index (κ3) is 4.20. The quantitative estimate of drug-likeness (QED) is 0.936. The number of aryl methyl sites for hydroxylation is 2. The molecular formula is C18H21NO3S. The highest BCUT2D eigenvalue weighted by Crippen LogP contribution is 2.20. The molecule has 1 atom stereocenters. The summed E-state index contributed by atoms with van der Waals surface area (Å²) in [5.41, 5.74) is 3.63. The Kier molecular flexibility index (Phi) is 4.90. The summed E-state index contributed by atoms with van der Waals surface area (Å²) in [6.07, 6.45) is 1.13. The van der Waals surface area contributed by atoms with E-state index in [1.165, 1.54) is 12.1 Å². The molecule has 0 spiro atoms. The molecule has 1 N–H and O–H groups in total. The predicted molar refractivity (Wildman–Crippen MR) is 91.3 cm³/mol. The zero-order valence-electron chi connectivity index (χ0n) is 13.8. The maximum absolute atomic E-state index is 12.4. The number of amides is 1. The van der Waals surface area contributed by atoms with Crippen molar-refractivity contribution in [2.24, 2.45) is 0 Å². The molecule has 0 bridgehead atoms. The van der Waals surface area contributed by atoms with Crippen molar-refractivity contribution in [2.75, 3.05) is 6.26 Å². The average Bonchev–Trinajstić information content (AvgIpc) is 2.48. The van der Waals surface area contributed by atoms with Crippen molar-refractivity contribution in [3.63, 3.8) is 0 Å². The van der Waals surface area contributed by atoms with E-state index in [1.54, 1.807) is 12.1 Å². The van der Waals surface area contributed by atoms with Gasteiger partial charge in [-0.05, 0) is 50.1 Å². The SMILES string of the molecule is Cc1ccc(C)c([C@H](C)NC(=O)c2cccc(S(C)(=O)=O)c2)c1. The minimum absolute atomic E-state index is 0.143. The summed E-state index contributed by atoms with van der Waals surface area (Å²) < 4.78 is 23.2. The van der Waals surface area contributed by atoms with Gasteiger partial charge in [-0.25, -0.2) is 8.42 Å². The van der Waals surface area contributed by atoms with Crippen molar-refractivity contribution in [2.45, 2.75) is 31.7 Å². The normalized spacial score (nSPS) is 12.7. The first kappa shape index (κ1) is 17.2. The van der Waals surface area contributed by atoms with Gasteiger partial charge in [-0.1, -0.05) is 29.8 Å². The first-order valence-electron chi connectivity index (χ1n) is 7.36. The Balaban J connectivity index is 2.24. The molecule has 2 rings (SSSR count). The van der Waals surface area contributed by atoms with Crippen LogP contribution in [0.2, 0.25) is 0 Å². The van der Waals surface area contributed by atoms with E-state index in [-0.39, 0.29) is 16.8 Å². The molecule has 4 nitrogen and oxygen atoms in total. The molecule has 0 aliphatic carbocycles. The van der Waals surface area contributed by atoms with E-state index >= 15 is 0 Å². The fourth-order valence-electron chi connectivity index (χ4n) is 2.45. The summed E-state index contributed by atoms with van der Waals surface area (Å²) in [7, 11) is -3.33. The Morgan fingerprint density at radius 1 is 1.09 bits per heavy atom. The van der Waals surface area contributed by atoms with Gasteiger partial charge in [-0.15, -0.1) is 0 Å². The molecule has 122 valence electrons. The summed E-state index contributed by atoms with van der Waals surface area (Å²) in [5.74, 6) is -0.288. The van der Waals surface area contributed by atoms with Gasteiger partial charge in [-0.2, -0.15) is 0 Å². The van der Waals surface area contributed by atoms with Gasteiger partial charge in [-0.3, -0.25) is 4.79 Å². The number of hydrogen-bond acceptors (Lipinski definition) is 3. The third-order valence-corrected chi connectivity index (χ3v) is 4.88. The molecule has 2 aromatic rings. The number of sulfone groups is 1. The topological polar surface area (TPSA) is 63.2 Å². The molecule has 0 aliphatic heterocycles. The summed E-state index contributed by atoms with van der Waals surface area (Å²) in [4.78, 5) is 12.5. The number of carbonyl (C=O) groups is 1. The predicted octanol–water partition coefficient (Wildman–Crippen LogP) is 3.20. The van der Waals surface area contributed by atoms with Gasteiger partial charge in [0.2, 0.25) is 0 Å². The Morgan fingerprint density at radius 2 is 1.78 bits per heavy atom. The molecule has 0 saturated carbocycles. The second-order valence-electron chi connectivity index (χ2n) is 5.86. The van der Waals surface area contributed by atoms with Crippen LogP contribution in [0.1, 0.15) is 40.0 Å². The van der Waals surface area contributed by atoms with Crippen LogP contribution in [-0.2, 0) is 9.84 Å². The van der Waals surface area contributed by atoms with Crippen LogP contribution in [0.15, 0.2) is 47.4 Å². The van der Waals surface area contributed by atoms with Crippen molar-refractivity contribution in [3.8, 4) is 0 Å². The molecule has 5 heteroatoms.